The summed E-state index contributed by atoms with van der Waals surface area (Å²) < 4.78 is 30.2. The Balaban J connectivity index is 1.55. The van der Waals surface area contributed by atoms with Crippen LogP contribution in [0.5, 0.6) is 0 Å². The summed E-state index contributed by atoms with van der Waals surface area (Å²) in [5, 5.41) is 40.1. The first kappa shape index (κ1) is 44.6. The Labute approximate surface area is 348 Å². The lowest BCUT2D eigenvalue weighted by molar-refractivity contribution is -0.346. The average molecular weight is 834 g/mol. The van der Waals surface area contributed by atoms with Gasteiger partial charge in [0.15, 0.2) is 23.6 Å². The maximum absolute atomic E-state index is 15.4. The average Bonchev–Trinajstić information content (AvgIpc) is 3.20. The van der Waals surface area contributed by atoms with Gasteiger partial charge in [0.25, 0.3) is 0 Å². The Bertz CT molecular complexity index is 2050. The summed E-state index contributed by atoms with van der Waals surface area (Å²) in [5.41, 5.74) is -7.15. The first-order valence-electron chi connectivity index (χ1n) is 20.3. The highest BCUT2D eigenvalue weighted by Crippen LogP contribution is 2.64. The molecule has 2 aromatic rings. The molecule has 2 bridgehead atoms. The molecule has 0 radical (unpaired) electrons. The molecule has 15 heteroatoms. The summed E-state index contributed by atoms with van der Waals surface area (Å²) in [4.78, 5) is 83.0. The number of nitrogens with one attached hydrogen (secondary N) is 1. The zero-order valence-corrected chi connectivity index (χ0v) is 35.1. The summed E-state index contributed by atoms with van der Waals surface area (Å²) in [5.74, 6) is -7.06. The molecular formula is C45H55NO14. The van der Waals surface area contributed by atoms with Gasteiger partial charge >= 0.3 is 23.9 Å². The van der Waals surface area contributed by atoms with Crippen molar-refractivity contribution in [2.75, 3.05) is 6.61 Å². The number of ether oxygens (including phenoxy) is 5. The number of ketones is 1. The first-order chi connectivity index (χ1) is 28.1. The first-order valence-corrected chi connectivity index (χ1v) is 20.3. The SMILES string of the molecule is CC[C@H](C)C(=O)N[C@H](c1ccccc1)[C@H](O)C(=O)O[C@@H]1C[C@]2(O)[C@@H](OC(=O)c3ccccc3)C3[C@](C)(C(=O)[C@H](OC(C)=O)C(=C1C)C2(C)C)[C@H](O)C[C@@H]1OC[C@@]31OC(C)=O. The van der Waals surface area contributed by atoms with Gasteiger partial charge in [0.1, 0.15) is 23.9 Å². The lowest BCUT2D eigenvalue weighted by Crippen LogP contribution is -2.82. The number of carbonyl (C=O) groups is 6. The molecule has 3 fully saturated rings. The second-order valence-electron chi connectivity index (χ2n) is 17.3. The summed E-state index contributed by atoms with van der Waals surface area (Å²) in [6.45, 7) is 11.5. The van der Waals surface area contributed by atoms with Gasteiger partial charge < -0.3 is 44.3 Å². The minimum atomic E-state index is -2.37. The van der Waals surface area contributed by atoms with Crippen LogP contribution in [-0.2, 0) is 47.7 Å². The second-order valence-corrected chi connectivity index (χ2v) is 17.3. The second kappa shape index (κ2) is 16.5. The molecule has 1 aliphatic heterocycles. The Morgan fingerprint density at radius 1 is 0.933 bits per heavy atom. The van der Waals surface area contributed by atoms with Crippen LogP contribution in [0.25, 0.3) is 0 Å². The van der Waals surface area contributed by atoms with Crippen LogP contribution < -0.4 is 5.32 Å². The zero-order valence-electron chi connectivity index (χ0n) is 35.1. The molecule has 324 valence electrons. The Kier molecular flexibility index (Phi) is 12.2. The predicted molar refractivity (Wildman–Crippen MR) is 211 cm³/mol. The van der Waals surface area contributed by atoms with Crippen LogP contribution in [0.1, 0.15) is 96.6 Å². The number of benzene rings is 2. The lowest BCUT2D eigenvalue weighted by atomic mass is 9.44. The van der Waals surface area contributed by atoms with Gasteiger partial charge in [-0.15, -0.1) is 0 Å². The van der Waals surface area contributed by atoms with E-state index in [1.54, 1.807) is 69.3 Å². The summed E-state index contributed by atoms with van der Waals surface area (Å²) in [6.07, 6.45) is -9.88. The molecular weight excluding hydrogens is 778 g/mol. The molecule has 1 amide bonds. The van der Waals surface area contributed by atoms with E-state index in [0.29, 0.717) is 12.0 Å². The molecule has 2 saturated carbocycles. The monoisotopic (exact) mass is 833 g/mol. The van der Waals surface area contributed by atoms with Crippen LogP contribution in [0.3, 0.4) is 0 Å². The van der Waals surface area contributed by atoms with Crippen molar-refractivity contribution in [2.24, 2.45) is 22.7 Å². The highest BCUT2D eigenvalue weighted by Gasteiger charge is 2.78. The molecule has 1 unspecified atom stereocenters. The number of Topliss-reactive ketones (excluding diaryl/α,β-unsaturated/α-hetero) is 1. The number of amides is 1. The number of aliphatic hydroxyl groups is 3. The van der Waals surface area contributed by atoms with Crippen molar-refractivity contribution in [3.8, 4) is 0 Å². The standard InChI is InChI=1S/C45H55NO14/c1-9-23(2)39(52)46-33(27-16-12-10-13-17-27)34(50)41(54)58-29-21-45(55)38(59-40(53)28-18-14-11-15-19-28)36-43(8,30(49)20-31-44(36,22-56-31)60-26(5)48)37(51)35(57-25(4)47)32(24(29)3)42(45,6)7/h10-19,23,29-31,33-36,38,49-50,55H,9,20-22H2,1-8H3,(H,46,52)/t23-,29+,30+,31-,33+,34-,35+,36?,38-,43+,44-,45-/m0/s1. The van der Waals surface area contributed by atoms with E-state index in [0.717, 1.165) is 13.8 Å². The number of fused-ring (bicyclic) bond motifs is 5. The van der Waals surface area contributed by atoms with E-state index in [-0.39, 0.29) is 29.7 Å². The van der Waals surface area contributed by atoms with Gasteiger partial charge in [-0.3, -0.25) is 19.2 Å². The summed E-state index contributed by atoms with van der Waals surface area (Å²) in [6, 6.07) is 14.9. The van der Waals surface area contributed by atoms with Gasteiger partial charge in [-0.1, -0.05) is 76.2 Å². The van der Waals surface area contributed by atoms with Gasteiger partial charge in [0.05, 0.1) is 35.6 Å². The Hall–Kier alpha value is -4.96. The third-order valence-electron chi connectivity index (χ3n) is 13.5. The maximum atomic E-state index is 15.4. The number of carbonyl (C=O) groups excluding carboxylic acids is 6. The van der Waals surface area contributed by atoms with E-state index >= 15 is 4.79 Å². The number of rotatable bonds is 11. The molecule has 0 spiro atoms. The highest BCUT2D eigenvalue weighted by atomic mass is 16.6. The van der Waals surface area contributed by atoms with Gasteiger partial charge in [-0.2, -0.15) is 0 Å². The van der Waals surface area contributed by atoms with E-state index in [9.17, 15) is 39.3 Å². The van der Waals surface area contributed by atoms with E-state index in [4.69, 9.17) is 23.7 Å². The van der Waals surface area contributed by atoms with Crippen molar-refractivity contribution in [1.29, 1.82) is 0 Å². The number of aliphatic hydroxyl groups excluding tert-OH is 2. The molecule has 3 aliphatic carbocycles. The van der Waals surface area contributed by atoms with E-state index in [1.165, 1.54) is 26.0 Å². The van der Waals surface area contributed by atoms with Crippen LogP contribution in [0.2, 0.25) is 0 Å². The van der Waals surface area contributed by atoms with Crippen LogP contribution in [0, 0.1) is 22.7 Å². The van der Waals surface area contributed by atoms with Gasteiger partial charge in [-0.05, 0) is 49.1 Å². The fourth-order valence-electron chi connectivity index (χ4n) is 9.85. The molecule has 4 aliphatic rings. The molecule has 4 N–H and O–H groups in total. The van der Waals surface area contributed by atoms with Crippen LogP contribution in [-0.4, -0.2) is 105 Å². The van der Waals surface area contributed by atoms with Crippen molar-refractivity contribution in [3.63, 3.8) is 0 Å². The lowest BCUT2D eigenvalue weighted by Gasteiger charge is -2.67. The fraction of sp³-hybridized carbons (Fsp3) is 0.556. The summed E-state index contributed by atoms with van der Waals surface area (Å²) in [7, 11) is 0. The Morgan fingerprint density at radius 3 is 2.10 bits per heavy atom. The van der Waals surface area contributed by atoms with Crippen molar-refractivity contribution in [3.05, 3.63) is 82.9 Å². The number of esters is 4. The minimum Gasteiger partial charge on any atom is -0.456 e. The predicted octanol–water partition coefficient (Wildman–Crippen LogP) is 3.47. The summed E-state index contributed by atoms with van der Waals surface area (Å²) >= 11 is 0. The van der Waals surface area contributed by atoms with E-state index in [2.05, 4.69) is 5.32 Å². The van der Waals surface area contributed by atoms with Crippen LogP contribution >= 0.6 is 0 Å². The number of hydrogen-bond donors (Lipinski definition) is 4. The topological polar surface area (TPSA) is 221 Å². The van der Waals surface area contributed by atoms with Gasteiger partial charge in [0, 0.05) is 38.0 Å². The normalized spacial score (nSPS) is 33.1. The van der Waals surface area contributed by atoms with Crippen LogP contribution in [0.4, 0.5) is 0 Å². The fourth-order valence-corrected chi connectivity index (χ4v) is 9.85. The molecule has 2 aromatic carbocycles. The molecule has 15 nitrogen and oxygen atoms in total. The van der Waals surface area contributed by atoms with Gasteiger partial charge in [-0.25, -0.2) is 9.59 Å². The molecule has 0 aromatic heterocycles. The van der Waals surface area contributed by atoms with Crippen molar-refractivity contribution >= 4 is 35.6 Å². The zero-order chi connectivity index (χ0) is 44.1. The minimum absolute atomic E-state index is 0.00887. The van der Waals surface area contributed by atoms with E-state index in [1.807, 2.05) is 6.92 Å². The smallest absolute Gasteiger partial charge is 0.338 e. The van der Waals surface area contributed by atoms with Gasteiger partial charge in [0.2, 0.25) is 5.91 Å². The molecule has 1 saturated heterocycles. The largest absolute Gasteiger partial charge is 0.456 e. The molecule has 12 atom stereocenters. The number of hydrogen-bond acceptors (Lipinski definition) is 14. The maximum Gasteiger partial charge on any atom is 0.338 e. The Morgan fingerprint density at radius 2 is 1.55 bits per heavy atom. The van der Waals surface area contributed by atoms with Crippen molar-refractivity contribution < 1.29 is 67.8 Å². The van der Waals surface area contributed by atoms with Crippen molar-refractivity contribution in [1.82, 2.24) is 5.32 Å². The molecule has 60 heavy (non-hydrogen) atoms. The van der Waals surface area contributed by atoms with E-state index < -0.39 is 119 Å². The quantitative estimate of drug-likeness (QED) is 0.145. The molecule has 6 rings (SSSR count). The van der Waals surface area contributed by atoms with Crippen LogP contribution in [0.15, 0.2) is 71.8 Å². The van der Waals surface area contributed by atoms with Crippen molar-refractivity contribution in [2.45, 2.75) is 129 Å². The third kappa shape index (κ3) is 7.32. The highest BCUT2D eigenvalue weighted by molar-refractivity contribution is 5.95. The molecule has 1 heterocycles. The third-order valence-corrected chi connectivity index (χ3v) is 13.5.